The molecular formula is C14H21ClN2O. The van der Waals surface area contributed by atoms with Crippen molar-refractivity contribution in [1.82, 2.24) is 10.2 Å². The van der Waals surface area contributed by atoms with Gasteiger partial charge in [-0.2, -0.15) is 0 Å². The predicted molar refractivity (Wildman–Crippen MR) is 75.6 cm³/mol. The Morgan fingerprint density at radius 1 is 1.44 bits per heavy atom. The monoisotopic (exact) mass is 268 g/mol. The first-order valence-corrected chi connectivity index (χ1v) is 6.51. The highest BCUT2D eigenvalue weighted by atomic mass is 35.5. The van der Waals surface area contributed by atoms with Crippen molar-refractivity contribution in [2.45, 2.75) is 25.9 Å². The van der Waals surface area contributed by atoms with Gasteiger partial charge in [0.05, 0.1) is 6.61 Å². The van der Waals surface area contributed by atoms with E-state index in [1.54, 1.807) is 0 Å². The summed E-state index contributed by atoms with van der Waals surface area (Å²) in [6.45, 7) is 7.58. The van der Waals surface area contributed by atoms with Crippen LogP contribution in [0, 0.1) is 0 Å². The number of nitrogens with zero attached hydrogens (tertiary/aromatic N) is 1. The first-order valence-electron chi connectivity index (χ1n) is 6.51. The standard InChI is InChI=1S/C14H20N2O.ClH/c1-11-9-16(6-5-15-11)10-12-2-3-14-13(8-12)4-7-17-14;/h2-3,8,11,15H,4-7,9-10H2,1H3;1H/t11-;/m0./s1. The summed E-state index contributed by atoms with van der Waals surface area (Å²) in [5, 5.41) is 3.48. The molecule has 3 nitrogen and oxygen atoms in total. The molecule has 1 aromatic rings. The Morgan fingerprint density at radius 3 is 3.17 bits per heavy atom. The van der Waals surface area contributed by atoms with E-state index < -0.39 is 0 Å². The van der Waals surface area contributed by atoms with Gasteiger partial charge in [-0.3, -0.25) is 4.90 Å². The number of ether oxygens (including phenoxy) is 1. The van der Waals surface area contributed by atoms with Crippen LogP contribution in [0.4, 0.5) is 0 Å². The van der Waals surface area contributed by atoms with E-state index in [1.807, 2.05) is 0 Å². The first kappa shape index (κ1) is 13.7. The van der Waals surface area contributed by atoms with Crippen LogP contribution in [0.1, 0.15) is 18.1 Å². The fourth-order valence-electron chi connectivity index (χ4n) is 2.75. The summed E-state index contributed by atoms with van der Waals surface area (Å²) in [6, 6.07) is 7.26. The van der Waals surface area contributed by atoms with Crippen LogP contribution in [-0.2, 0) is 13.0 Å². The lowest BCUT2D eigenvalue weighted by molar-refractivity contribution is 0.199. The molecule has 18 heavy (non-hydrogen) atoms. The molecule has 1 aromatic carbocycles. The Morgan fingerprint density at radius 2 is 2.33 bits per heavy atom. The molecule has 0 aromatic heterocycles. The van der Waals surface area contributed by atoms with E-state index in [2.05, 4.69) is 35.3 Å². The van der Waals surface area contributed by atoms with Gasteiger partial charge in [-0.1, -0.05) is 12.1 Å². The summed E-state index contributed by atoms with van der Waals surface area (Å²) in [5.41, 5.74) is 2.80. The lowest BCUT2D eigenvalue weighted by atomic mass is 10.1. The SMILES string of the molecule is C[C@H]1CN(Cc2ccc3c(c2)CCO3)CCN1.Cl. The minimum Gasteiger partial charge on any atom is -0.493 e. The Kier molecular flexibility index (Phi) is 4.49. The fraction of sp³-hybridized carbons (Fsp3) is 0.571. The van der Waals surface area contributed by atoms with Gasteiger partial charge < -0.3 is 10.1 Å². The number of fused-ring (bicyclic) bond motifs is 1. The smallest absolute Gasteiger partial charge is 0.122 e. The van der Waals surface area contributed by atoms with Gasteiger partial charge in [0.15, 0.2) is 0 Å². The normalized spacial score (nSPS) is 23.1. The second kappa shape index (κ2) is 5.91. The molecule has 4 heteroatoms. The second-order valence-corrected chi connectivity index (χ2v) is 5.13. The van der Waals surface area contributed by atoms with Gasteiger partial charge in [0.1, 0.15) is 5.75 Å². The van der Waals surface area contributed by atoms with E-state index in [-0.39, 0.29) is 12.4 Å². The molecule has 1 N–H and O–H groups in total. The van der Waals surface area contributed by atoms with Crippen molar-refractivity contribution in [2.75, 3.05) is 26.2 Å². The van der Waals surface area contributed by atoms with Gasteiger partial charge in [-0.05, 0) is 24.1 Å². The molecule has 2 heterocycles. The van der Waals surface area contributed by atoms with Crippen molar-refractivity contribution in [3.05, 3.63) is 29.3 Å². The molecule has 1 atom stereocenters. The summed E-state index contributed by atoms with van der Waals surface area (Å²) in [7, 11) is 0. The highest BCUT2D eigenvalue weighted by molar-refractivity contribution is 5.85. The van der Waals surface area contributed by atoms with E-state index in [0.29, 0.717) is 6.04 Å². The summed E-state index contributed by atoms with van der Waals surface area (Å²) in [5.74, 6) is 1.09. The van der Waals surface area contributed by atoms with Crippen LogP contribution >= 0.6 is 12.4 Å². The van der Waals surface area contributed by atoms with Crippen LogP contribution in [0.3, 0.4) is 0 Å². The highest BCUT2D eigenvalue weighted by Crippen LogP contribution is 2.26. The number of benzene rings is 1. The van der Waals surface area contributed by atoms with Crippen LogP contribution in [0.5, 0.6) is 5.75 Å². The third-order valence-electron chi connectivity index (χ3n) is 3.61. The van der Waals surface area contributed by atoms with Crippen LogP contribution in [0.2, 0.25) is 0 Å². The van der Waals surface area contributed by atoms with E-state index in [4.69, 9.17) is 4.74 Å². The van der Waals surface area contributed by atoms with Gasteiger partial charge in [-0.15, -0.1) is 12.4 Å². The van der Waals surface area contributed by atoms with Gasteiger partial charge in [-0.25, -0.2) is 0 Å². The second-order valence-electron chi connectivity index (χ2n) is 5.13. The molecule has 0 bridgehead atoms. The molecule has 0 unspecified atom stereocenters. The lowest BCUT2D eigenvalue weighted by Crippen LogP contribution is -2.48. The van der Waals surface area contributed by atoms with E-state index in [1.165, 1.54) is 11.1 Å². The molecule has 2 aliphatic rings. The molecule has 0 saturated carbocycles. The summed E-state index contributed by atoms with van der Waals surface area (Å²) in [4.78, 5) is 2.53. The van der Waals surface area contributed by atoms with Gasteiger partial charge in [0.2, 0.25) is 0 Å². The summed E-state index contributed by atoms with van der Waals surface area (Å²) < 4.78 is 5.54. The zero-order valence-corrected chi connectivity index (χ0v) is 11.6. The molecule has 0 radical (unpaired) electrons. The molecule has 0 aliphatic carbocycles. The molecule has 0 spiro atoms. The zero-order valence-electron chi connectivity index (χ0n) is 10.8. The Bertz CT molecular complexity index is 411. The summed E-state index contributed by atoms with van der Waals surface area (Å²) in [6.07, 6.45) is 1.07. The number of rotatable bonds is 2. The van der Waals surface area contributed by atoms with Crippen LogP contribution in [0.25, 0.3) is 0 Å². The average Bonchev–Trinajstić information content (AvgIpc) is 2.76. The maximum atomic E-state index is 5.54. The molecule has 100 valence electrons. The quantitative estimate of drug-likeness (QED) is 0.886. The van der Waals surface area contributed by atoms with Crippen LogP contribution < -0.4 is 10.1 Å². The number of halogens is 1. The van der Waals surface area contributed by atoms with E-state index >= 15 is 0 Å². The first-order chi connectivity index (χ1) is 8.31. The Labute approximate surface area is 115 Å². The largest absolute Gasteiger partial charge is 0.493 e. The molecular weight excluding hydrogens is 248 g/mol. The van der Waals surface area contributed by atoms with E-state index in [0.717, 1.165) is 45.0 Å². The molecule has 1 fully saturated rings. The highest BCUT2D eigenvalue weighted by Gasteiger charge is 2.17. The van der Waals surface area contributed by atoms with Gasteiger partial charge in [0, 0.05) is 38.6 Å². The van der Waals surface area contributed by atoms with Crippen molar-refractivity contribution in [1.29, 1.82) is 0 Å². The number of hydrogen-bond acceptors (Lipinski definition) is 3. The molecule has 0 amide bonds. The predicted octanol–water partition coefficient (Wildman–Crippen LogP) is 1.84. The number of piperazine rings is 1. The van der Waals surface area contributed by atoms with Crippen LogP contribution in [0.15, 0.2) is 18.2 Å². The lowest BCUT2D eigenvalue weighted by Gasteiger charge is -2.31. The Hall–Kier alpha value is -0.770. The Balaban J connectivity index is 0.00000120. The van der Waals surface area contributed by atoms with E-state index in [9.17, 15) is 0 Å². The molecule has 1 saturated heterocycles. The third kappa shape index (κ3) is 2.97. The maximum Gasteiger partial charge on any atom is 0.122 e. The fourth-order valence-corrected chi connectivity index (χ4v) is 2.75. The third-order valence-corrected chi connectivity index (χ3v) is 3.61. The van der Waals surface area contributed by atoms with Gasteiger partial charge >= 0.3 is 0 Å². The molecule has 3 rings (SSSR count). The number of nitrogens with one attached hydrogen (secondary N) is 1. The molecule has 2 aliphatic heterocycles. The van der Waals surface area contributed by atoms with Crippen molar-refractivity contribution >= 4 is 12.4 Å². The van der Waals surface area contributed by atoms with Crippen molar-refractivity contribution in [3.63, 3.8) is 0 Å². The van der Waals surface area contributed by atoms with Gasteiger partial charge in [0.25, 0.3) is 0 Å². The topological polar surface area (TPSA) is 24.5 Å². The number of hydrogen-bond donors (Lipinski definition) is 1. The maximum absolute atomic E-state index is 5.54. The van der Waals surface area contributed by atoms with Crippen molar-refractivity contribution in [3.8, 4) is 5.75 Å². The van der Waals surface area contributed by atoms with Crippen molar-refractivity contribution in [2.24, 2.45) is 0 Å². The van der Waals surface area contributed by atoms with Crippen molar-refractivity contribution < 1.29 is 4.74 Å². The zero-order chi connectivity index (χ0) is 11.7. The minimum atomic E-state index is 0. The average molecular weight is 269 g/mol. The summed E-state index contributed by atoms with van der Waals surface area (Å²) >= 11 is 0. The van der Waals surface area contributed by atoms with Crippen LogP contribution in [-0.4, -0.2) is 37.2 Å². The minimum absolute atomic E-state index is 0.